The molecule has 0 saturated heterocycles. The minimum Gasteiger partial charge on any atom is -0.459 e. The highest BCUT2D eigenvalue weighted by Gasteiger charge is 2.30. The lowest BCUT2D eigenvalue weighted by Crippen LogP contribution is -2.46. The lowest BCUT2D eigenvalue weighted by atomic mass is 10.1. The van der Waals surface area contributed by atoms with Gasteiger partial charge in [-0.05, 0) is 107 Å². The molecule has 0 fully saturated rings. The van der Waals surface area contributed by atoms with Gasteiger partial charge in [-0.15, -0.1) is 0 Å². The summed E-state index contributed by atoms with van der Waals surface area (Å²) >= 11 is 0. The van der Waals surface area contributed by atoms with Crippen molar-refractivity contribution in [2.75, 3.05) is 45.8 Å². The van der Waals surface area contributed by atoms with E-state index in [-0.39, 0.29) is 24.5 Å². The standard InChI is InChI=1S/C45H70N8O12S/c1-32(50(22-19-46)26-36(54)52(28-38(56)62-42(2,3)4)29-39(57)63-43(5,6)7)24-49(21-18-33-14-16-34(17-15-33)66(47,60)61)25-35-48-20-23-51(35)27-37(55)53(30-40(58)64-44(8,9)10)31-41(59)65-45(11,12)13/h14-17,19-20,22-23H,1,18,21,24-31,46H2,2-13H3,(H2,47,60,61)/b22-19-. The maximum Gasteiger partial charge on any atom is 0.326 e. The second kappa shape index (κ2) is 23.6. The van der Waals surface area contributed by atoms with Gasteiger partial charge in [-0.3, -0.25) is 33.7 Å². The Morgan fingerprint density at radius 1 is 0.682 bits per heavy atom. The molecular weight excluding hydrogens is 877 g/mol. The molecule has 368 valence electrons. The summed E-state index contributed by atoms with van der Waals surface area (Å²) in [5.41, 5.74) is 3.51. The Kier molecular flexibility index (Phi) is 20.1. The fraction of sp³-hybridized carbons (Fsp3) is 0.578. The fourth-order valence-corrected chi connectivity index (χ4v) is 6.50. The van der Waals surface area contributed by atoms with E-state index in [4.69, 9.17) is 29.8 Å². The highest BCUT2D eigenvalue weighted by molar-refractivity contribution is 7.89. The molecule has 0 spiro atoms. The van der Waals surface area contributed by atoms with Gasteiger partial charge in [0.2, 0.25) is 21.8 Å². The molecule has 2 aromatic rings. The number of sulfonamides is 1. The molecule has 0 saturated carbocycles. The Bertz CT molecular complexity index is 2100. The Hall–Kier alpha value is -5.80. The average molecular weight is 947 g/mol. The monoisotopic (exact) mass is 946 g/mol. The zero-order valence-corrected chi connectivity index (χ0v) is 41.4. The summed E-state index contributed by atoms with van der Waals surface area (Å²) < 4.78 is 47.1. The molecule has 20 nitrogen and oxygen atoms in total. The van der Waals surface area contributed by atoms with Gasteiger partial charge in [-0.1, -0.05) is 18.7 Å². The van der Waals surface area contributed by atoms with Gasteiger partial charge in [-0.2, -0.15) is 0 Å². The zero-order chi connectivity index (χ0) is 50.4. The molecule has 4 N–H and O–H groups in total. The van der Waals surface area contributed by atoms with Crippen molar-refractivity contribution in [3.8, 4) is 0 Å². The number of primary sulfonamides is 1. The van der Waals surface area contributed by atoms with Gasteiger partial charge in [0.15, 0.2) is 0 Å². The van der Waals surface area contributed by atoms with Crippen LogP contribution in [0.4, 0.5) is 0 Å². The molecule has 0 aliphatic rings. The number of hydrogen-bond acceptors (Lipinski definition) is 16. The van der Waals surface area contributed by atoms with E-state index in [1.165, 1.54) is 35.6 Å². The minimum atomic E-state index is -3.93. The number of carbonyl (C=O) groups is 6. The number of ether oxygens (including phenoxy) is 4. The number of nitrogens with two attached hydrogens (primary N) is 2. The van der Waals surface area contributed by atoms with Gasteiger partial charge in [0, 0.05) is 43.6 Å². The molecule has 0 atom stereocenters. The van der Waals surface area contributed by atoms with Crippen molar-refractivity contribution in [1.82, 2.24) is 29.2 Å². The SMILES string of the molecule is C=C(CN(CCc1ccc(S(N)(=O)=O)cc1)Cc1nccn1CC(=O)N(CC(=O)OC(C)(C)C)CC(=O)OC(C)(C)C)N(/C=C\N)CC(=O)N(CC(=O)OC(C)(C)C)CC(=O)OC(C)(C)C. The van der Waals surface area contributed by atoms with Crippen LogP contribution in [0.5, 0.6) is 0 Å². The van der Waals surface area contributed by atoms with Crippen LogP contribution in [-0.2, 0) is 77.2 Å². The van der Waals surface area contributed by atoms with Gasteiger partial charge in [-0.25, -0.2) is 18.5 Å². The van der Waals surface area contributed by atoms with E-state index >= 15 is 0 Å². The number of esters is 4. The molecule has 2 rings (SSSR count). The van der Waals surface area contributed by atoms with Gasteiger partial charge < -0.3 is 43.9 Å². The van der Waals surface area contributed by atoms with E-state index in [1.54, 1.807) is 106 Å². The van der Waals surface area contributed by atoms with Crippen LogP contribution >= 0.6 is 0 Å². The Labute approximate surface area is 389 Å². The second-order valence-corrected chi connectivity index (χ2v) is 21.1. The quantitative estimate of drug-likeness (QED) is 0.127. The molecule has 1 aromatic heterocycles. The van der Waals surface area contributed by atoms with Crippen LogP contribution in [0.15, 0.2) is 66.2 Å². The van der Waals surface area contributed by atoms with Crippen LogP contribution in [0, 0.1) is 0 Å². The molecular formula is C45H70N8O12S. The van der Waals surface area contributed by atoms with E-state index in [2.05, 4.69) is 11.6 Å². The first-order chi connectivity index (χ1) is 30.1. The summed E-state index contributed by atoms with van der Waals surface area (Å²) in [7, 11) is -3.93. The number of benzene rings is 1. The predicted octanol–water partition coefficient (Wildman–Crippen LogP) is 2.84. The minimum absolute atomic E-state index is 0.0585. The lowest BCUT2D eigenvalue weighted by molar-refractivity contribution is -0.165. The van der Waals surface area contributed by atoms with E-state index in [9.17, 15) is 37.2 Å². The van der Waals surface area contributed by atoms with Gasteiger partial charge in [0.1, 0.15) is 67.5 Å². The van der Waals surface area contributed by atoms with E-state index in [0.29, 0.717) is 24.5 Å². The van der Waals surface area contributed by atoms with Crippen molar-refractivity contribution >= 4 is 45.7 Å². The number of rotatable bonds is 22. The summed E-state index contributed by atoms with van der Waals surface area (Å²) in [6, 6.07) is 6.04. The van der Waals surface area contributed by atoms with Crippen molar-refractivity contribution in [3.05, 3.63) is 72.7 Å². The van der Waals surface area contributed by atoms with Crippen molar-refractivity contribution in [2.45, 2.75) is 130 Å². The summed E-state index contributed by atoms with van der Waals surface area (Å²) in [5.74, 6) is -3.78. The molecule has 21 heteroatoms. The third-order valence-corrected chi connectivity index (χ3v) is 9.42. The normalized spacial score (nSPS) is 12.4. The Morgan fingerprint density at radius 2 is 1.11 bits per heavy atom. The lowest BCUT2D eigenvalue weighted by Gasteiger charge is -2.31. The topological polar surface area (TPSA) is 256 Å². The number of nitrogens with zero attached hydrogens (tertiary/aromatic N) is 6. The van der Waals surface area contributed by atoms with Crippen LogP contribution in [0.3, 0.4) is 0 Å². The number of aromatic nitrogens is 2. The number of carbonyl (C=O) groups excluding carboxylic acids is 6. The smallest absolute Gasteiger partial charge is 0.326 e. The third kappa shape index (κ3) is 22.4. The predicted molar refractivity (Wildman–Crippen MR) is 245 cm³/mol. The van der Waals surface area contributed by atoms with Crippen LogP contribution in [-0.4, -0.2) is 141 Å². The molecule has 0 aliphatic carbocycles. The molecule has 0 aliphatic heterocycles. The molecule has 0 bridgehead atoms. The maximum absolute atomic E-state index is 13.9. The number of hydrogen-bond donors (Lipinski definition) is 2. The first kappa shape index (κ1) is 56.3. The molecule has 2 amide bonds. The Balaban J connectivity index is 2.49. The zero-order valence-electron chi connectivity index (χ0n) is 40.5. The van der Waals surface area contributed by atoms with E-state index < -0.39 is 101 Å². The summed E-state index contributed by atoms with van der Waals surface area (Å²) in [6.07, 6.45) is 6.04. The molecule has 1 heterocycles. The molecule has 1 aromatic carbocycles. The molecule has 0 radical (unpaired) electrons. The summed E-state index contributed by atoms with van der Waals surface area (Å²) in [6.45, 7) is 21.9. The molecule has 0 unspecified atom stereocenters. The fourth-order valence-electron chi connectivity index (χ4n) is 5.98. The van der Waals surface area contributed by atoms with E-state index in [1.807, 2.05) is 4.90 Å². The largest absolute Gasteiger partial charge is 0.459 e. The average Bonchev–Trinajstić information content (AvgIpc) is 3.55. The third-order valence-electron chi connectivity index (χ3n) is 8.49. The highest BCUT2D eigenvalue weighted by Crippen LogP contribution is 2.17. The van der Waals surface area contributed by atoms with E-state index in [0.717, 1.165) is 15.4 Å². The number of amides is 2. The summed E-state index contributed by atoms with van der Waals surface area (Å²) in [4.78, 5) is 89.3. The van der Waals surface area contributed by atoms with Crippen molar-refractivity contribution in [1.29, 1.82) is 0 Å². The number of imidazole rings is 1. The van der Waals surface area contributed by atoms with Crippen LogP contribution < -0.4 is 10.9 Å². The van der Waals surface area contributed by atoms with Gasteiger partial charge in [0.05, 0.1) is 11.4 Å². The highest BCUT2D eigenvalue weighted by atomic mass is 32.2. The van der Waals surface area contributed by atoms with Crippen LogP contribution in [0.1, 0.15) is 94.5 Å². The van der Waals surface area contributed by atoms with Crippen LogP contribution in [0.2, 0.25) is 0 Å². The van der Waals surface area contributed by atoms with Crippen molar-refractivity contribution in [2.24, 2.45) is 10.9 Å². The van der Waals surface area contributed by atoms with Crippen molar-refractivity contribution < 1.29 is 56.1 Å². The molecule has 66 heavy (non-hydrogen) atoms. The van der Waals surface area contributed by atoms with Crippen molar-refractivity contribution in [3.63, 3.8) is 0 Å². The second-order valence-electron chi connectivity index (χ2n) is 19.5. The Morgan fingerprint density at radius 3 is 1.50 bits per heavy atom. The summed E-state index contributed by atoms with van der Waals surface area (Å²) in [5, 5.41) is 5.30. The van der Waals surface area contributed by atoms with Gasteiger partial charge in [0.25, 0.3) is 0 Å². The van der Waals surface area contributed by atoms with Crippen LogP contribution in [0.25, 0.3) is 0 Å². The maximum atomic E-state index is 13.9. The first-order valence-electron chi connectivity index (χ1n) is 21.2. The first-order valence-corrected chi connectivity index (χ1v) is 22.8. The van der Waals surface area contributed by atoms with Gasteiger partial charge >= 0.3 is 23.9 Å².